The van der Waals surface area contributed by atoms with Crippen LogP contribution in [0.1, 0.15) is 62.5 Å². The number of nitrogens with zero attached hydrogens (tertiary/aromatic N) is 2. The Bertz CT molecular complexity index is 1550. The second kappa shape index (κ2) is 16.0. The number of aliphatic hydroxyl groups is 1. The first-order valence-corrected chi connectivity index (χ1v) is 16.0. The molecule has 0 aliphatic carbocycles. The fourth-order valence-electron chi connectivity index (χ4n) is 5.43. The number of rotatable bonds is 14. The van der Waals surface area contributed by atoms with Gasteiger partial charge in [0.1, 0.15) is 18.5 Å². The van der Waals surface area contributed by atoms with Crippen molar-refractivity contribution < 1.29 is 19.4 Å². The number of aromatic nitrogens is 1. The number of pyridine rings is 1. The molecule has 3 aromatic carbocycles. The van der Waals surface area contributed by atoms with E-state index in [1.165, 1.54) is 0 Å². The molecular weight excluding hydrogens is 562 g/mol. The van der Waals surface area contributed by atoms with Crippen LogP contribution in [0.4, 0.5) is 11.4 Å². The van der Waals surface area contributed by atoms with Crippen molar-refractivity contribution in [3.63, 3.8) is 0 Å². The number of nitrogens with one attached hydrogen (secondary N) is 1. The molecule has 0 radical (unpaired) electrons. The molecule has 1 unspecified atom stereocenters. The standard InChI is InChI=1S/C38H43N3O4/c1-3-5-23-44-24-25-45-34-16-11-28(12-17-34)30-13-18-36-32(26-30)27-31(19-22-41(36)21-4-2)38(43)40-33-14-9-29(10-15-33)37(42)35-8-6-7-20-39-35/h6-18,20,26-27,37,42H,3-5,19,21-25H2,1-2H3,(H,40,43). The summed E-state index contributed by atoms with van der Waals surface area (Å²) in [5.74, 6) is 0.697. The number of amides is 1. The monoisotopic (exact) mass is 605 g/mol. The second-order valence-corrected chi connectivity index (χ2v) is 11.3. The van der Waals surface area contributed by atoms with Gasteiger partial charge in [0.25, 0.3) is 5.91 Å². The molecule has 0 saturated heterocycles. The van der Waals surface area contributed by atoms with Crippen LogP contribution in [0.5, 0.6) is 5.75 Å². The molecule has 1 aromatic heterocycles. The van der Waals surface area contributed by atoms with E-state index < -0.39 is 6.10 Å². The summed E-state index contributed by atoms with van der Waals surface area (Å²) >= 11 is 0. The van der Waals surface area contributed by atoms with E-state index in [-0.39, 0.29) is 5.91 Å². The van der Waals surface area contributed by atoms with Crippen LogP contribution < -0.4 is 15.0 Å². The van der Waals surface area contributed by atoms with Crippen molar-refractivity contribution in [3.05, 3.63) is 114 Å². The lowest BCUT2D eigenvalue weighted by atomic mass is 10.00. The van der Waals surface area contributed by atoms with Gasteiger partial charge in [-0.1, -0.05) is 56.7 Å². The van der Waals surface area contributed by atoms with E-state index in [0.717, 1.165) is 72.7 Å². The van der Waals surface area contributed by atoms with Gasteiger partial charge in [0.05, 0.1) is 12.3 Å². The molecule has 4 aromatic rings. The number of ether oxygens (including phenoxy) is 2. The second-order valence-electron chi connectivity index (χ2n) is 11.3. The van der Waals surface area contributed by atoms with Crippen molar-refractivity contribution in [1.82, 2.24) is 4.98 Å². The summed E-state index contributed by atoms with van der Waals surface area (Å²) in [4.78, 5) is 20.1. The van der Waals surface area contributed by atoms with Crippen LogP contribution in [-0.2, 0) is 9.53 Å². The van der Waals surface area contributed by atoms with Crippen molar-refractivity contribution in [2.45, 2.75) is 45.6 Å². The van der Waals surface area contributed by atoms with Gasteiger partial charge >= 0.3 is 0 Å². The largest absolute Gasteiger partial charge is 0.491 e. The van der Waals surface area contributed by atoms with Crippen molar-refractivity contribution in [3.8, 4) is 16.9 Å². The Labute approximate surface area is 266 Å². The molecule has 2 heterocycles. The van der Waals surface area contributed by atoms with Gasteiger partial charge in [0.15, 0.2) is 0 Å². The van der Waals surface area contributed by atoms with Crippen molar-refractivity contribution in [1.29, 1.82) is 0 Å². The Kier molecular flexibility index (Phi) is 11.4. The van der Waals surface area contributed by atoms with Crippen molar-refractivity contribution in [2.24, 2.45) is 0 Å². The van der Waals surface area contributed by atoms with Gasteiger partial charge in [0.2, 0.25) is 0 Å². The van der Waals surface area contributed by atoms with E-state index in [1.54, 1.807) is 12.3 Å². The lowest BCUT2D eigenvalue weighted by Gasteiger charge is -2.25. The first kappa shape index (κ1) is 31.9. The highest BCUT2D eigenvalue weighted by atomic mass is 16.5. The molecule has 0 spiro atoms. The fourth-order valence-corrected chi connectivity index (χ4v) is 5.43. The van der Waals surface area contributed by atoms with Crippen LogP contribution in [0.3, 0.4) is 0 Å². The van der Waals surface area contributed by atoms with E-state index in [9.17, 15) is 9.90 Å². The van der Waals surface area contributed by atoms with Gasteiger partial charge in [-0.2, -0.15) is 0 Å². The molecule has 7 heteroatoms. The van der Waals surface area contributed by atoms with Crippen LogP contribution in [0.15, 0.2) is 96.7 Å². The number of benzene rings is 3. The zero-order chi connectivity index (χ0) is 31.4. The molecule has 0 fully saturated rings. The molecule has 1 aliphatic rings. The minimum atomic E-state index is -0.825. The Balaban J connectivity index is 1.29. The number of anilines is 2. The number of carbonyl (C=O) groups excluding carboxylic acids is 1. The predicted octanol–water partition coefficient (Wildman–Crippen LogP) is 7.67. The minimum absolute atomic E-state index is 0.122. The number of carbonyl (C=O) groups is 1. The first-order valence-electron chi connectivity index (χ1n) is 16.0. The average Bonchev–Trinajstić information content (AvgIpc) is 3.26. The molecule has 0 bridgehead atoms. The fraction of sp³-hybridized carbons (Fsp3) is 0.316. The molecule has 1 amide bonds. The van der Waals surface area contributed by atoms with Gasteiger partial charge in [-0.15, -0.1) is 0 Å². The summed E-state index contributed by atoms with van der Waals surface area (Å²) in [5.41, 5.74) is 7.04. The topological polar surface area (TPSA) is 83.9 Å². The highest BCUT2D eigenvalue weighted by Gasteiger charge is 2.20. The summed E-state index contributed by atoms with van der Waals surface area (Å²) in [6.45, 7) is 7.91. The third-order valence-corrected chi connectivity index (χ3v) is 7.91. The number of hydrogen-bond acceptors (Lipinski definition) is 6. The van der Waals surface area contributed by atoms with Crippen molar-refractivity contribution in [2.75, 3.05) is 43.1 Å². The highest BCUT2D eigenvalue weighted by Crippen LogP contribution is 2.33. The maximum atomic E-state index is 13.5. The number of unbranched alkanes of at least 4 members (excludes halogenated alkanes) is 1. The summed E-state index contributed by atoms with van der Waals surface area (Å²) < 4.78 is 11.4. The molecule has 2 N–H and O–H groups in total. The quantitative estimate of drug-likeness (QED) is 0.144. The van der Waals surface area contributed by atoms with Gasteiger partial charge < -0.3 is 24.8 Å². The zero-order valence-electron chi connectivity index (χ0n) is 26.2. The van der Waals surface area contributed by atoms with Gasteiger partial charge in [-0.25, -0.2) is 0 Å². The molecule has 45 heavy (non-hydrogen) atoms. The third-order valence-electron chi connectivity index (χ3n) is 7.91. The molecule has 7 nitrogen and oxygen atoms in total. The van der Waals surface area contributed by atoms with Crippen LogP contribution >= 0.6 is 0 Å². The maximum absolute atomic E-state index is 13.5. The van der Waals surface area contributed by atoms with Crippen LogP contribution in [0.2, 0.25) is 0 Å². The van der Waals surface area contributed by atoms with E-state index in [4.69, 9.17) is 9.47 Å². The molecular formula is C38H43N3O4. The number of fused-ring (bicyclic) bond motifs is 1. The smallest absolute Gasteiger partial charge is 0.251 e. The molecule has 5 rings (SSSR count). The third kappa shape index (κ3) is 8.59. The summed E-state index contributed by atoms with van der Waals surface area (Å²) in [7, 11) is 0. The predicted molar refractivity (Wildman–Crippen MR) is 182 cm³/mol. The first-order chi connectivity index (χ1) is 22.1. The number of aliphatic hydroxyl groups excluding tert-OH is 1. The van der Waals surface area contributed by atoms with E-state index in [2.05, 4.69) is 59.4 Å². The Morgan fingerprint density at radius 3 is 2.47 bits per heavy atom. The van der Waals surface area contributed by atoms with Gasteiger partial charge in [0, 0.05) is 42.8 Å². The Hall–Kier alpha value is -4.46. The van der Waals surface area contributed by atoms with E-state index in [1.807, 2.05) is 54.6 Å². The summed E-state index contributed by atoms with van der Waals surface area (Å²) in [5, 5.41) is 13.7. The van der Waals surface area contributed by atoms with Gasteiger partial charge in [-0.05, 0) is 96.1 Å². The molecule has 1 aliphatic heterocycles. The SMILES string of the molecule is CCCCOCCOc1ccc(-c2ccc3c(c2)C=C(C(=O)Nc2ccc(C(O)c4ccccn4)cc2)CCN3CCC)cc1. The Morgan fingerprint density at radius 1 is 0.933 bits per heavy atom. The van der Waals surface area contributed by atoms with Crippen LogP contribution in [0.25, 0.3) is 17.2 Å². The molecule has 0 saturated carbocycles. The molecule has 234 valence electrons. The zero-order valence-corrected chi connectivity index (χ0v) is 26.2. The summed E-state index contributed by atoms with van der Waals surface area (Å²) in [6.07, 6.45) is 6.72. The number of hydrogen-bond donors (Lipinski definition) is 2. The summed E-state index contributed by atoms with van der Waals surface area (Å²) in [6, 6.07) is 27.3. The lowest BCUT2D eigenvalue weighted by Crippen LogP contribution is -2.26. The minimum Gasteiger partial charge on any atom is -0.491 e. The average molecular weight is 606 g/mol. The van der Waals surface area contributed by atoms with E-state index >= 15 is 0 Å². The molecule has 1 atom stereocenters. The lowest BCUT2D eigenvalue weighted by molar-refractivity contribution is -0.112. The van der Waals surface area contributed by atoms with Crippen LogP contribution in [0, 0.1) is 0 Å². The van der Waals surface area contributed by atoms with Crippen molar-refractivity contribution >= 4 is 23.4 Å². The highest BCUT2D eigenvalue weighted by molar-refractivity contribution is 6.07. The van der Waals surface area contributed by atoms with Crippen LogP contribution in [-0.4, -0.2) is 48.9 Å². The van der Waals surface area contributed by atoms with E-state index in [0.29, 0.717) is 36.6 Å². The van der Waals surface area contributed by atoms with Gasteiger partial charge in [-0.3, -0.25) is 9.78 Å². The maximum Gasteiger partial charge on any atom is 0.251 e. The normalized spacial score (nSPS) is 13.4. The Morgan fingerprint density at radius 2 is 1.73 bits per heavy atom.